The van der Waals surface area contributed by atoms with Crippen molar-refractivity contribution >= 4 is 23.3 Å². The number of thiazole rings is 1. The highest BCUT2D eigenvalue weighted by atomic mass is 32.1. The SMILES string of the molecule is C#CCC(NC(=O)NC(C)c1nc(C)cs1)C(=O)O. The first-order chi connectivity index (χ1) is 8.93. The molecule has 2 amide bonds. The zero-order valence-corrected chi connectivity index (χ0v) is 11.5. The van der Waals surface area contributed by atoms with E-state index in [0.29, 0.717) is 0 Å². The number of aryl methyl sites for hydroxylation is 1. The number of amides is 2. The Morgan fingerprint density at radius 1 is 1.58 bits per heavy atom. The number of rotatable bonds is 5. The molecule has 7 heteroatoms. The van der Waals surface area contributed by atoms with E-state index in [1.807, 2.05) is 12.3 Å². The van der Waals surface area contributed by atoms with Crippen LogP contribution in [-0.4, -0.2) is 28.1 Å². The van der Waals surface area contributed by atoms with Gasteiger partial charge in [-0.25, -0.2) is 14.6 Å². The highest BCUT2D eigenvalue weighted by Crippen LogP contribution is 2.17. The van der Waals surface area contributed by atoms with Gasteiger partial charge in [0.05, 0.1) is 6.04 Å². The molecule has 0 aliphatic heterocycles. The number of carboxylic acids is 1. The molecule has 0 saturated heterocycles. The number of aliphatic carboxylic acids is 1. The van der Waals surface area contributed by atoms with Crippen molar-refractivity contribution in [3.05, 3.63) is 16.1 Å². The van der Waals surface area contributed by atoms with Crippen LogP contribution in [0.3, 0.4) is 0 Å². The number of aromatic nitrogens is 1. The summed E-state index contributed by atoms with van der Waals surface area (Å²) >= 11 is 1.43. The zero-order valence-electron chi connectivity index (χ0n) is 10.6. The van der Waals surface area contributed by atoms with E-state index in [1.165, 1.54) is 11.3 Å². The Bertz CT molecular complexity index is 507. The summed E-state index contributed by atoms with van der Waals surface area (Å²) < 4.78 is 0. The lowest BCUT2D eigenvalue weighted by molar-refractivity contribution is -0.139. The van der Waals surface area contributed by atoms with Crippen LogP contribution in [-0.2, 0) is 4.79 Å². The van der Waals surface area contributed by atoms with Crippen LogP contribution in [0.5, 0.6) is 0 Å². The first-order valence-electron chi connectivity index (χ1n) is 5.59. The van der Waals surface area contributed by atoms with Crippen LogP contribution in [0.25, 0.3) is 0 Å². The van der Waals surface area contributed by atoms with Crippen molar-refractivity contribution in [1.82, 2.24) is 15.6 Å². The minimum absolute atomic E-state index is 0.0620. The predicted molar refractivity (Wildman–Crippen MR) is 71.8 cm³/mol. The fraction of sp³-hybridized carbons (Fsp3) is 0.417. The van der Waals surface area contributed by atoms with Gasteiger partial charge in [0.25, 0.3) is 0 Å². The molecule has 2 unspecified atom stereocenters. The van der Waals surface area contributed by atoms with Gasteiger partial charge >= 0.3 is 12.0 Å². The smallest absolute Gasteiger partial charge is 0.327 e. The number of nitrogens with one attached hydrogen (secondary N) is 2. The third-order valence-electron chi connectivity index (χ3n) is 2.28. The van der Waals surface area contributed by atoms with Crippen molar-refractivity contribution in [2.45, 2.75) is 32.4 Å². The molecule has 0 aromatic carbocycles. The van der Waals surface area contributed by atoms with E-state index >= 15 is 0 Å². The van der Waals surface area contributed by atoms with Crippen molar-refractivity contribution in [3.8, 4) is 12.3 Å². The summed E-state index contributed by atoms with van der Waals surface area (Å²) in [4.78, 5) is 26.7. The Kier molecular flexibility index (Phi) is 5.33. The minimum atomic E-state index is -1.16. The Hall–Kier alpha value is -2.07. The summed E-state index contributed by atoms with van der Waals surface area (Å²) in [5.74, 6) is 1.05. The summed E-state index contributed by atoms with van der Waals surface area (Å²) in [6.45, 7) is 3.63. The molecule has 2 atom stereocenters. The van der Waals surface area contributed by atoms with Crippen molar-refractivity contribution in [2.75, 3.05) is 0 Å². The predicted octanol–water partition coefficient (Wildman–Crippen LogP) is 1.29. The van der Waals surface area contributed by atoms with Crippen LogP contribution in [0.1, 0.15) is 30.1 Å². The number of hydrogen-bond acceptors (Lipinski definition) is 4. The molecule has 6 nitrogen and oxygen atoms in total. The molecule has 19 heavy (non-hydrogen) atoms. The van der Waals surface area contributed by atoms with Crippen LogP contribution < -0.4 is 10.6 Å². The third kappa shape index (κ3) is 4.60. The Morgan fingerprint density at radius 2 is 2.26 bits per heavy atom. The number of hydrogen-bond donors (Lipinski definition) is 3. The molecule has 3 N–H and O–H groups in total. The van der Waals surface area contributed by atoms with Crippen LogP contribution in [0, 0.1) is 19.3 Å². The molecule has 1 rings (SSSR count). The standard InChI is InChI=1S/C12H15N3O3S/c1-4-5-9(11(16)17)15-12(18)14-8(3)10-13-7(2)6-19-10/h1,6,8-9H,5H2,2-3H3,(H,16,17)(H2,14,15,18). The highest BCUT2D eigenvalue weighted by Gasteiger charge is 2.20. The average molecular weight is 281 g/mol. The molecule has 0 aliphatic rings. The molecular weight excluding hydrogens is 266 g/mol. The molecule has 1 aromatic rings. The maximum absolute atomic E-state index is 11.6. The van der Waals surface area contributed by atoms with Gasteiger partial charge in [-0.1, -0.05) is 0 Å². The van der Waals surface area contributed by atoms with Crippen LogP contribution in [0.2, 0.25) is 0 Å². The maximum atomic E-state index is 11.6. The second kappa shape index (κ2) is 6.75. The van der Waals surface area contributed by atoms with Gasteiger partial charge < -0.3 is 15.7 Å². The van der Waals surface area contributed by atoms with Gasteiger partial charge in [-0.15, -0.1) is 23.7 Å². The van der Waals surface area contributed by atoms with E-state index in [2.05, 4.69) is 21.5 Å². The summed E-state index contributed by atoms with van der Waals surface area (Å²) in [5, 5.41) is 16.4. The van der Waals surface area contributed by atoms with Gasteiger partial charge in [0.2, 0.25) is 0 Å². The zero-order chi connectivity index (χ0) is 14.4. The van der Waals surface area contributed by atoms with E-state index in [4.69, 9.17) is 11.5 Å². The summed E-state index contributed by atoms with van der Waals surface area (Å²) in [6, 6.07) is -1.96. The molecule has 0 saturated carbocycles. The Morgan fingerprint density at radius 3 is 2.74 bits per heavy atom. The summed E-state index contributed by atoms with van der Waals surface area (Å²) in [6.07, 6.45) is 4.98. The lowest BCUT2D eigenvalue weighted by Crippen LogP contribution is -2.46. The Labute approximate surface area is 115 Å². The van der Waals surface area contributed by atoms with E-state index in [-0.39, 0.29) is 12.5 Å². The third-order valence-corrected chi connectivity index (χ3v) is 3.43. The van der Waals surface area contributed by atoms with Crippen molar-refractivity contribution in [2.24, 2.45) is 0 Å². The van der Waals surface area contributed by atoms with E-state index in [9.17, 15) is 9.59 Å². The van der Waals surface area contributed by atoms with Gasteiger partial charge in [-0.05, 0) is 13.8 Å². The van der Waals surface area contributed by atoms with Gasteiger partial charge in [-0.3, -0.25) is 0 Å². The molecule has 0 fully saturated rings. The minimum Gasteiger partial charge on any atom is -0.480 e. The number of urea groups is 1. The van der Waals surface area contributed by atoms with Crippen molar-refractivity contribution < 1.29 is 14.7 Å². The van der Waals surface area contributed by atoms with Crippen LogP contribution >= 0.6 is 11.3 Å². The normalized spacial score (nSPS) is 13.1. The van der Waals surface area contributed by atoms with Gasteiger partial charge in [0.15, 0.2) is 0 Å². The van der Waals surface area contributed by atoms with Gasteiger partial charge in [0, 0.05) is 17.5 Å². The van der Waals surface area contributed by atoms with Gasteiger partial charge in [0.1, 0.15) is 11.0 Å². The van der Waals surface area contributed by atoms with Crippen LogP contribution in [0.4, 0.5) is 4.79 Å². The monoisotopic (exact) mass is 281 g/mol. The molecule has 1 heterocycles. The lowest BCUT2D eigenvalue weighted by atomic mass is 10.2. The molecule has 0 spiro atoms. The van der Waals surface area contributed by atoms with Crippen LogP contribution in [0.15, 0.2) is 5.38 Å². The molecule has 0 radical (unpaired) electrons. The molecule has 0 bridgehead atoms. The fourth-order valence-electron chi connectivity index (χ4n) is 1.35. The summed E-state index contributed by atoms with van der Waals surface area (Å²) in [7, 11) is 0. The number of carboxylic acid groups (broad SMARTS) is 1. The summed E-state index contributed by atoms with van der Waals surface area (Å²) in [5.41, 5.74) is 0.879. The Balaban J connectivity index is 2.55. The van der Waals surface area contributed by atoms with E-state index in [0.717, 1.165) is 10.7 Å². The average Bonchev–Trinajstić information content (AvgIpc) is 2.75. The molecule has 102 valence electrons. The highest BCUT2D eigenvalue weighted by molar-refractivity contribution is 7.09. The topological polar surface area (TPSA) is 91.3 Å². The number of nitrogens with zero attached hydrogens (tertiary/aromatic N) is 1. The van der Waals surface area contributed by atoms with E-state index < -0.39 is 18.0 Å². The van der Waals surface area contributed by atoms with E-state index in [1.54, 1.807) is 6.92 Å². The lowest BCUT2D eigenvalue weighted by Gasteiger charge is -2.15. The van der Waals surface area contributed by atoms with Crippen molar-refractivity contribution in [3.63, 3.8) is 0 Å². The molecule has 0 aliphatic carbocycles. The second-order valence-corrected chi connectivity index (χ2v) is 4.86. The molecular formula is C12H15N3O3S. The largest absolute Gasteiger partial charge is 0.480 e. The number of carbonyl (C=O) groups excluding carboxylic acids is 1. The fourth-order valence-corrected chi connectivity index (χ4v) is 2.15. The number of terminal acetylenes is 1. The number of carbonyl (C=O) groups is 2. The molecule has 1 aromatic heterocycles. The van der Waals surface area contributed by atoms with Gasteiger partial charge in [-0.2, -0.15) is 0 Å². The van der Waals surface area contributed by atoms with Crippen molar-refractivity contribution in [1.29, 1.82) is 0 Å². The second-order valence-electron chi connectivity index (χ2n) is 3.97. The quantitative estimate of drug-likeness (QED) is 0.709. The first-order valence-corrected chi connectivity index (χ1v) is 6.47. The maximum Gasteiger partial charge on any atom is 0.327 e. The first kappa shape index (κ1) is 15.0.